The lowest BCUT2D eigenvalue weighted by Gasteiger charge is -2.55. The van der Waals surface area contributed by atoms with Gasteiger partial charge in [-0.3, -0.25) is 14.4 Å². The van der Waals surface area contributed by atoms with Gasteiger partial charge in [-0.05, 0) is 50.3 Å². The van der Waals surface area contributed by atoms with Crippen LogP contribution in [0.5, 0.6) is 0 Å². The van der Waals surface area contributed by atoms with E-state index in [1.165, 1.54) is 13.8 Å². The number of ketones is 2. The summed E-state index contributed by atoms with van der Waals surface area (Å²) < 4.78 is 12.1. The molecule has 27 heavy (non-hydrogen) atoms. The summed E-state index contributed by atoms with van der Waals surface area (Å²) in [7, 11) is 0. The van der Waals surface area contributed by atoms with Crippen LogP contribution in [0.2, 0.25) is 0 Å². The van der Waals surface area contributed by atoms with E-state index < -0.39 is 17.0 Å². The molecule has 5 nitrogen and oxygen atoms in total. The molecule has 0 bridgehead atoms. The van der Waals surface area contributed by atoms with Crippen LogP contribution in [0.4, 0.5) is 0 Å². The molecule has 4 rings (SSSR count). The smallest absolute Gasteiger partial charge is 0.303 e. The van der Waals surface area contributed by atoms with E-state index in [4.69, 9.17) is 9.47 Å². The van der Waals surface area contributed by atoms with Gasteiger partial charge in [0.05, 0.1) is 12.7 Å². The van der Waals surface area contributed by atoms with Gasteiger partial charge in [-0.25, -0.2) is 0 Å². The molecule has 0 N–H and O–H groups in total. The number of Topliss-reactive ketones (excluding diaryl/α,β-unsaturated/α-hetero) is 1. The number of esters is 1. The van der Waals surface area contributed by atoms with Gasteiger partial charge in [0.1, 0.15) is 0 Å². The van der Waals surface area contributed by atoms with Crippen molar-refractivity contribution in [1.82, 2.24) is 0 Å². The number of hydrogen-bond donors (Lipinski definition) is 0. The Balaban J connectivity index is 1.76. The fourth-order valence-corrected chi connectivity index (χ4v) is 5.97. The number of rotatable bonds is 2. The van der Waals surface area contributed by atoms with Crippen LogP contribution < -0.4 is 0 Å². The number of carbonyl (C=O) groups excluding carboxylic acids is 3. The van der Waals surface area contributed by atoms with Crippen molar-refractivity contribution in [3.8, 4) is 0 Å². The second kappa shape index (κ2) is 5.74. The first-order valence-corrected chi connectivity index (χ1v) is 9.60. The van der Waals surface area contributed by atoms with Crippen LogP contribution in [0, 0.1) is 22.7 Å². The molecule has 0 aromatic heterocycles. The van der Waals surface area contributed by atoms with Crippen molar-refractivity contribution in [2.45, 2.75) is 52.2 Å². The van der Waals surface area contributed by atoms with Crippen LogP contribution in [-0.2, 0) is 23.9 Å². The number of allylic oxidation sites excluding steroid dienone is 3. The van der Waals surface area contributed by atoms with E-state index in [-0.39, 0.29) is 34.9 Å². The summed E-state index contributed by atoms with van der Waals surface area (Å²) in [5, 5.41) is 0. The molecule has 0 radical (unpaired) electrons. The molecule has 2 fully saturated rings. The zero-order chi connectivity index (χ0) is 19.6. The molecule has 0 aromatic carbocycles. The number of hydrogen-bond acceptors (Lipinski definition) is 5. The fourth-order valence-electron chi connectivity index (χ4n) is 5.97. The second-order valence-electron chi connectivity index (χ2n) is 8.83. The highest BCUT2D eigenvalue weighted by Crippen LogP contribution is 2.62. The van der Waals surface area contributed by atoms with E-state index in [2.05, 4.69) is 13.0 Å². The van der Waals surface area contributed by atoms with Crippen LogP contribution >= 0.6 is 0 Å². The largest absolute Gasteiger partial charge is 0.451 e. The van der Waals surface area contributed by atoms with E-state index >= 15 is 0 Å². The van der Waals surface area contributed by atoms with Gasteiger partial charge in [0, 0.05) is 23.7 Å². The molecule has 144 valence electrons. The normalized spacial score (nSPS) is 44.8. The van der Waals surface area contributed by atoms with Crippen molar-refractivity contribution < 1.29 is 23.9 Å². The molecule has 5 heteroatoms. The van der Waals surface area contributed by atoms with E-state index in [9.17, 15) is 14.4 Å². The Morgan fingerprint density at radius 2 is 1.96 bits per heavy atom. The van der Waals surface area contributed by atoms with Crippen molar-refractivity contribution >= 4 is 17.5 Å². The van der Waals surface area contributed by atoms with E-state index in [0.29, 0.717) is 13.0 Å². The highest BCUT2D eigenvalue weighted by Gasteiger charge is 2.68. The zero-order valence-electron chi connectivity index (χ0n) is 16.3. The van der Waals surface area contributed by atoms with E-state index in [0.717, 1.165) is 12.0 Å². The Bertz CT molecular complexity index is 821. The molecule has 6 atom stereocenters. The van der Waals surface area contributed by atoms with Crippen molar-refractivity contribution in [1.29, 1.82) is 0 Å². The van der Waals surface area contributed by atoms with E-state index in [1.54, 1.807) is 12.2 Å². The van der Waals surface area contributed by atoms with Crippen LogP contribution in [0.25, 0.3) is 0 Å². The SMILES string of the molecule is CC(=O)O[C@]1(C(C)=O)CC[C@H]2[C@@H]3C=CC4=CC(=O)C=C[C@]4(C)[C@H]3OC[C@@]21C. The molecule has 4 aliphatic rings. The Kier molecular flexibility index (Phi) is 3.90. The lowest BCUT2D eigenvalue weighted by atomic mass is 9.56. The van der Waals surface area contributed by atoms with Gasteiger partial charge in [-0.1, -0.05) is 25.2 Å². The van der Waals surface area contributed by atoms with Crippen molar-refractivity contribution in [3.63, 3.8) is 0 Å². The predicted octanol–water partition coefficient (Wildman–Crippen LogP) is 2.95. The first-order chi connectivity index (χ1) is 12.6. The molecule has 0 unspecified atom stereocenters. The third kappa shape index (κ3) is 2.30. The van der Waals surface area contributed by atoms with Crippen LogP contribution in [0.1, 0.15) is 40.5 Å². The second-order valence-corrected chi connectivity index (χ2v) is 8.83. The average Bonchev–Trinajstić information content (AvgIpc) is 2.89. The molecule has 3 aliphatic carbocycles. The third-order valence-corrected chi connectivity index (χ3v) is 7.41. The van der Waals surface area contributed by atoms with E-state index in [1.807, 2.05) is 19.1 Å². The average molecular weight is 370 g/mol. The lowest BCUT2D eigenvalue weighted by Crippen LogP contribution is -2.62. The highest BCUT2D eigenvalue weighted by atomic mass is 16.6. The molecule has 0 spiro atoms. The van der Waals surface area contributed by atoms with Crippen molar-refractivity contribution in [2.24, 2.45) is 22.7 Å². The fraction of sp³-hybridized carbons (Fsp3) is 0.591. The van der Waals surface area contributed by atoms with Crippen LogP contribution in [0.15, 0.2) is 36.0 Å². The minimum absolute atomic E-state index is 0.00227. The molecular formula is C22H26O5. The number of ether oxygens (including phenoxy) is 2. The first kappa shape index (κ1) is 18.4. The van der Waals surface area contributed by atoms with Gasteiger partial charge in [0.25, 0.3) is 0 Å². The minimum atomic E-state index is -1.13. The topological polar surface area (TPSA) is 69.7 Å². The summed E-state index contributed by atoms with van der Waals surface area (Å²) in [6.45, 7) is 7.34. The summed E-state index contributed by atoms with van der Waals surface area (Å²) >= 11 is 0. The van der Waals surface area contributed by atoms with Gasteiger partial charge >= 0.3 is 5.97 Å². The maximum atomic E-state index is 12.6. The van der Waals surface area contributed by atoms with Gasteiger partial charge < -0.3 is 9.47 Å². The summed E-state index contributed by atoms with van der Waals surface area (Å²) in [5.41, 5.74) is -1.09. The summed E-state index contributed by atoms with van der Waals surface area (Å²) in [5.74, 6) is -0.281. The quantitative estimate of drug-likeness (QED) is 0.699. The Morgan fingerprint density at radius 1 is 1.22 bits per heavy atom. The van der Waals surface area contributed by atoms with Gasteiger partial charge in [-0.15, -0.1) is 0 Å². The standard InChI is InChI=1S/C22H26O5/c1-13(23)22(27-14(2)24)10-8-18-17-6-5-15-11-16(25)7-9-20(15,3)19(17)26-12-21(18,22)4/h5-7,9,11,17-19H,8,10,12H2,1-4H3/t17-,18-,19-,20-,21-,22-/m0/s1. The first-order valence-electron chi connectivity index (χ1n) is 9.60. The number of carbonyl (C=O) groups is 3. The monoisotopic (exact) mass is 370 g/mol. The molecule has 1 heterocycles. The molecule has 1 saturated carbocycles. The summed E-state index contributed by atoms with van der Waals surface area (Å²) in [6, 6.07) is 0. The molecule has 0 amide bonds. The van der Waals surface area contributed by atoms with Gasteiger partial charge in [0.2, 0.25) is 0 Å². The van der Waals surface area contributed by atoms with Crippen LogP contribution in [0.3, 0.4) is 0 Å². The molecule has 1 aliphatic heterocycles. The summed E-state index contributed by atoms with van der Waals surface area (Å²) in [4.78, 5) is 36.2. The Labute approximate surface area is 159 Å². The molecular weight excluding hydrogens is 344 g/mol. The van der Waals surface area contributed by atoms with Crippen molar-refractivity contribution in [2.75, 3.05) is 6.61 Å². The van der Waals surface area contributed by atoms with Crippen LogP contribution in [-0.4, -0.2) is 35.8 Å². The minimum Gasteiger partial charge on any atom is -0.451 e. The van der Waals surface area contributed by atoms with Gasteiger partial charge in [0.15, 0.2) is 17.2 Å². The Hall–Kier alpha value is -2.01. The highest BCUT2D eigenvalue weighted by molar-refractivity contribution is 6.01. The lowest BCUT2D eigenvalue weighted by molar-refractivity contribution is -0.209. The maximum absolute atomic E-state index is 12.6. The van der Waals surface area contributed by atoms with Gasteiger partial charge in [-0.2, -0.15) is 0 Å². The zero-order valence-corrected chi connectivity index (χ0v) is 16.3. The molecule has 1 saturated heterocycles. The predicted molar refractivity (Wildman–Crippen MR) is 98.7 cm³/mol. The number of fused-ring (bicyclic) bond motifs is 5. The molecule has 0 aromatic rings. The Morgan fingerprint density at radius 3 is 2.63 bits per heavy atom. The maximum Gasteiger partial charge on any atom is 0.303 e. The van der Waals surface area contributed by atoms with Crippen molar-refractivity contribution in [3.05, 3.63) is 36.0 Å². The third-order valence-electron chi connectivity index (χ3n) is 7.41. The summed E-state index contributed by atoms with van der Waals surface area (Å²) in [6.07, 6.45) is 10.6.